The number of benzene rings is 2. The van der Waals surface area contributed by atoms with E-state index in [9.17, 15) is 4.39 Å². The average Bonchev–Trinajstić information content (AvgIpc) is 3.35. The van der Waals surface area contributed by atoms with Crippen molar-refractivity contribution in [2.45, 2.75) is 18.8 Å². The zero-order chi connectivity index (χ0) is 18.2. The Hall–Kier alpha value is -3.22. The van der Waals surface area contributed by atoms with Gasteiger partial charge in [0.05, 0.1) is 17.0 Å². The van der Waals surface area contributed by atoms with Crippen molar-refractivity contribution in [3.05, 3.63) is 60.2 Å². The number of rotatable bonds is 3. The number of anilines is 1. The normalized spacial score (nSPS) is 17.5. The van der Waals surface area contributed by atoms with Crippen LogP contribution >= 0.6 is 0 Å². The van der Waals surface area contributed by atoms with Gasteiger partial charge in [-0.3, -0.25) is 0 Å². The maximum Gasteiger partial charge on any atom is 0.231 e. The molecule has 1 saturated heterocycles. The van der Waals surface area contributed by atoms with Crippen LogP contribution in [0.15, 0.2) is 53.1 Å². The van der Waals surface area contributed by atoms with Crippen LogP contribution < -0.4 is 4.90 Å². The molecule has 1 fully saturated rings. The highest BCUT2D eigenvalue weighted by molar-refractivity contribution is 5.77. The largest absolute Gasteiger partial charge is 0.342 e. The molecule has 0 bridgehead atoms. The third-order valence-electron chi connectivity index (χ3n) is 4.97. The van der Waals surface area contributed by atoms with Crippen molar-refractivity contribution in [2.75, 3.05) is 18.0 Å². The SMILES string of the molecule is Fc1cccc(-c2noc(C3CCCN(c4nc5ccccc5[nH]4)C3)n2)c1. The molecule has 0 radical (unpaired) electrons. The summed E-state index contributed by atoms with van der Waals surface area (Å²) in [6.45, 7) is 1.69. The van der Waals surface area contributed by atoms with Gasteiger partial charge in [-0.1, -0.05) is 29.4 Å². The number of hydrogen-bond donors (Lipinski definition) is 1. The van der Waals surface area contributed by atoms with E-state index in [0.717, 1.165) is 42.9 Å². The van der Waals surface area contributed by atoms with E-state index in [1.807, 2.05) is 24.3 Å². The zero-order valence-corrected chi connectivity index (χ0v) is 14.6. The van der Waals surface area contributed by atoms with Gasteiger partial charge in [-0.15, -0.1) is 0 Å². The van der Waals surface area contributed by atoms with Gasteiger partial charge in [0.1, 0.15) is 5.82 Å². The lowest BCUT2D eigenvalue weighted by atomic mass is 9.98. The number of para-hydroxylation sites is 2. The van der Waals surface area contributed by atoms with Crippen molar-refractivity contribution in [1.29, 1.82) is 0 Å². The molecule has 2 aromatic carbocycles. The van der Waals surface area contributed by atoms with E-state index in [1.165, 1.54) is 12.1 Å². The van der Waals surface area contributed by atoms with Crippen molar-refractivity contribution in [3.63, 3.8) is 0 Å². The molecule has 7 heteroatoms. The fraction of sp³-hybridized carbons (Fsp3) is 0.250. The number of nitrogens with zero attached hydrogens (tertiary/aromatic N) is 4. The summed E-state index contributed by atoms with van der Waals surface area (Å²) in [5.74, 6) is 1.69. The second-order valence-corrected chi connectivity index (χ2v) is 6.83. The number of fused-ring (bicyclic) bond motifs is 1. The first-order chi connectivity index (χ1) is 13.3. The van der Waals surface area contributed by atoms with Crippen molar-refractivity contribution >= 4 is 17.0 Å². The Bertz CT molecular complexity index is 1060. The highest BCUT2D eigenvalue weighted by Crippen LogP contribution is 2.30. The van der Waals surface area contributed by atoms with Gasteiger partial charge in [0.15, 0.2) is 0 Å². The average molecular weight is 363 g/mol. The third-order valence-corrected chi connectivity index (χ3v) is 4.97. The van der Waals surface area contributed by atoms with Gasteiger partial charge in [0, 0.05) is 18.7 Å². The fourth-order valence-corrected chi connectivity index (χ4v) is 3.61. The first kappa shape index (κ1) is 16.0. The zero-order valence-electron chi connectivity index (χ0n) is 14.6. The quantitative estimate of drug-likeness (QED) is 0.592. The van der Waals surface area contributed by atoms with Crippen LogP contribution in [-0.2, 0) is 0 Å². The first-order valence-electron chi connectivity index (χ1n) is 9.05. The predicted octanol–water partition coefficient (Wildman–Crippen LogP) is 4.14. The van der Waals surface area contributed by atoms with E-state index >= 15 is 0 Å². The summed E-state index contributed by atoms with van der Waals surface area (Å²) in [5, 5.41) is 4.04. The predicted molar refractivity (Wildman–Crippen MR) is 100.0 cm³/mol. The number of H-pyrrole nitrogens is 1. The van der Waals surface area contributed by atoms with Gasteiger partial charge in [-0.25, -0.2) is 9.37 Å². The Morgan fingerprint density at radius 2 is 2.04 bits per heavy atom. The molecule has 1 aliphatic heterocycles. The highest BCUT2D eigenvalue weighted by atomic mass is 19.1. The summed E-state index contributed by atoms with van der Waals surface area (Å²) < 4.78 is 18.9. The number of piperidine rings is 1. The second kappa shape index (κ2) is 6.50. The molecule has 2 aromatic heterocycles. The van der Waals surface area contributed by atoms with Crippen molar-refractivity contribution in [1.82, 2.24) is 20.1 Å². The molecule has 3 heterocycles. The standard InChI is InChI=1S/C20H18FN5O/c21-15-7-3-5-13(11-15)18-24-19(27-25-18)14-6-4-10-26(12-14)20-22-16-8-1-2-9-17(16)23-20/h1-3,5,7-9,11,14H,4,6,10,12H2,(H,22,23). The minimum Gasteiger partial charge on any atom is -0.342 e. The highest BCUT2D eigenvalue weighted by Gasteiger charge is 2.27. The summed E-state index contributed by atoms with van der Waals surface area (Å²) in [4.78, 5) is 14.8. The molecule has 136 valence electrons. The third kappa shape index (κ3) is 3.05. The smallest absolute Gasteiger partial charge is 0.231 e. The maximum absolute atomic E-state index is 13.4. The number of imidazole rings is 1. The van der Waals surface area contributed by atoms with Gasteiger partial charge in [-0.2, -0.15) is 4.98 Å². The molecule has 0 spiro atoms. The van der Waals surface area contributed by atoms with E-state index in [4.69, 9.17) is 4.52 Å². The van der Waals surface area contributed by atoms with Gasteiger partial charge in [0.25, 0.3) is 0 Å². The summed E-state index contributed by atoms with van der Waals surface area (Å²) in [5.41, 5.74) is 2.61. The van der Waals surface area contributed by atoms with Crippen LogP contribution in [0.2, 0.25) is 0 Å². The molecule has 4 aromatic rings. The Morgan fingerprint density at radius 3 is 2.93 bits per heavy atom. The fourth-order valence-electron chi connectivity index (χ4n) is 3.61. The molecule has 1 N–H and O–H groups in total. The molecule has 0 aliphatic carbocycles. The molecule has 1 aliphatic rings. The van der Waals surface area contributed by atoms with Crippen molar-refractivity contribution < 1.29 is 8.91 Å². The van der Waals surface area contributed by atoms with Gasteiger partial charge >= 0.3 is 0 Å². The number of aromatic nitrogens is 4. The molecular formula is C20H18FN5O. The molecule has 0 amide bonds. The summed E-state index contributed by atoms with van der Waals surface area (Å²) in [7, 11) is 0. The molecule has 5 rings (SSSR count). The maximum atomic E-state index is 13.4. The van der Waals surface area contributed by atoms with Crippen molar-refractivity contribution in [2.24, 2.45) is 0 Å². The molecule has 27 heavy (non-hydrogen) atoms. The van der Waals surface area contributed by atoms with Crippen LogP contribution in [0.4, 0.5) is 10.3 Å². The summed E-state index contributed by atoms with van der Waals surface area (Å²) in [6.07, 6.45) is 1.99. The lowest BCUT2D eigenvalue weighted by molar-refractivity contribution is 0.333. The van der Waals surface area contributed by atoms with Crippen LogP contribution in [0.25, 0.3) is 22.4 Å². The van der Waals surface area contributed by atoms with Crippen LogP contribution in [0.5, 0.6) is 0 Å². The number of nitrogens with one attached hydrogen (secondary N) is 1. The van der Waals surface area contributed by atoms with Crippen LogP contribution in [-0.4, -0.2) is 33.2 Å². The summed E-state index contributed by atoms with van der Waals surface area (Å²) in [6, 6.07) is 14.2. The van der Waals surface area contributed by atoms with Crippen LogP contribution in [0.1, 0.15) is 24.7 Å². The Kier molecular flexibility index (Phi) is 3.85. The molecule has 1 unspecified atom stereocenters. The van der Waals surface area contributed by atoms with Crippen LogP contribution in [0.3, 0.4) is 0 Å². The second-order valence-electron chi connectivity index (χ2n) is 6.83. The topological polar surface area (TPSA) is 70.8 Å². The Balaban J connectivity index is 1.38. The Labute approximate surface area is 155 Å². The van der Waals surface area contributed by atoms with Crippen molar-refractivity contribution in [3.8, 4) is 11.4 Å². The molecule has 0 saturated carbocycles. The molecular weight excluding hydrogens is 345 g/mol. The van der Waals surface area contributed by atoms with E-state index in [2.05, 4.69) is 25.0 Å². The summed E-state index contributed by atoms with van der Waals surface area (Å²) >= 11 is 0. The van der Waals surface area contributed by atoms with Gasteiger partial charge in [0.2, 0.25) is 17.7 Å². The molecule has 1 atom stereocenters. The Morgan fingerprint density at radius 1 is 1.11 bits per heavy atom. The number of halogens is 1. The first-order valence-corrected chi connectivity index (χ1v) is 9.05. The number of aromatic amines is 1. The van der Waals surface area contributed by atoms with E-state index in [1.54, 1.807) is 12.1 Å². The van der Waals surface area contributed by atoms with Gasteiger partial charge in [-0.05, 0) is 37.1 Å². The molecule has 6 nitrogen and oxygen atoms in total. The van der Waals surface area contributed by atoms with Gasteiger partial charge < -0.3 is 14.4 Å². The minimum absolute atomic E-state index is 0.127. The van der Waals surface area contributed by atoms with E-state index < -0.39 is 0 Å². The monoisotopic (exact) mass is 363 g/mol. The lowest BCUT2D eigenvalue weighted by Gasteiger charge is -2.30. The van der Waals surface area contributed by atoms with E-state index in [-0.39, 0.29) is 11.7 Å². The van der Waals surface area contributed by atoms with Crippen LogP contribution in [0, 0.1) is 5.82 Å². The van der Waals surface area contributed by atoms with E-state index in [0.29, 0.717) is 17.3 Å². The number of hydrogen-bond acceptors (Lipinski definition) is 5. The lowest BCUT2D eigenvalue weighted by Crippen LogP contribution is -2.35. The minimum atomic E-state index is -0.312.